The van der Waals surface area contributed by atoms with E-state index in [9.17, 15) is 25.5 Å². The van der Waals surface area contributed by atoms with E-state index in [1.807, 2.05) is 0 Å². The van der Waals surface area contributed by atoms with Crippen LogP contribution < -0.4 is 10.1 Å². The van der Waals surface area contributed by atoms with Gasteiger partial charge in [-0.3, -0.25) is 4.57 Å². The van der Waals surface area contributed by atoms with Crippen molar-refractivity contribution in [1.82, 2.24) is 19.5 Å². The molecule has 6 N–H and O–H groups in total. The van der Waals surface area contributed by atoms with Gasteiger partial charge in [0.2, 0.25) is 0 Å². The monoisotopic (exact) mass is 419 g/mol. The van der Waals surface area contributed by atoms with Gasteiger partial charge < -0.3 is 40.3 Å². The molecule has 1 aliphatic rings. The van der Waals surface area contributed by atoms with Gasteiger partial charge in [0.25, 0.3) is 0 Å². The molecular weight excluding hydrogens is 398 g/mol. The Morgan fingerprint density at radius 3 is 2.67 bits per heavy atom. The SMILES string of the molecule is COc1cc(O)c(O)c(CNc2ncnc3c2ncn3[C@@H]2O[C@H](CO)[C@@H](O)[C@H]2O)c1. The van der Waals surface area contributed by atoms with Gasteiger partial charge in [-0.2, -0.15) is 0 Å². The molecule has 12 nitrogen and oxygen atoms in total. The van der Waals surface area contributed by atoms with Crippen molar-refractivity contribution in [1.29, 1.82) is 0 Å². The summed E-state index contributed by atoms with van der Waals surface area (Å²) in [6.45, 7) is -0.344. The average molecular weight is 419 g/mol. The minimum absolute atomic E-state index is 0.101. The van der Waals surface area contributed by atoms with Crippen molar-refractivity contribution in [3.8, 4) is 17.2 Å². The zero-order valence-electron chi connectivity index (χ0n) is 15.9. The van der Waals surface area contributed by atoms with Gasteiger partial charge in [-0.15, -0.1) is 0 Å². The lowest BCUT2D eigenvalue weighted by Gasteiger charge is -2.16. The number of methoxy groups -OCH3 is 1. The smallest absolute Gasteiger partial charge is 0.167 e. The number of hydrogen-bond donors (Lipinski definition) is 6. The van der Waals surface area contributed by atoms with Crippen LogP contribution in [0, 0.1) is 0 Å². The lowest BCUT2D eigenvalue weighted by molar-refractivity contribution is -0.0511. The molecule has 3 aromatic rings. The van der Waals surface area contributed by atoms with E-state index in [2.05, 4.69) is 20.3 Å². The molecule has 2 aromatic heterocycles. The Labute approximate surface area is 170 Å². The number of phenols is 2. The summed E-state index contributed by atoms with van der Waals surface area (Å²) in [5.74, 6) is 0.119. The number of fused-ring (bicyclic) bond motifs is 1. The fourth-order valence-electron chi connectivity index (χ4n) is 3.36. The van der Waals surface area contributed by atoms with Crippen LogP contribution in [-0.4, -0.2) is 77.1 Å². The molecule has 0 aliphatic carbocycles. The predicted octanol–water partition coefficient (Wildman–Crippen LogP) is -0.530. The first-order valence-electron chi connectivity index (χ1n) is 9.07. The minimum Gasteiger partial charge on any atom is -0.504 e. The molecule has 1 aromatic carbocycles. The number of ether oxygens (including phenoxy) is 2. The van der Waals surface area contributed by atoms with Crippen molar-refractivity contribution >= 4 is 17.0 Å². The molecule has 30 heavy (non-hydrogen) atoms. The molecule has 1 aliphatic heterocycles. The number of aliphatic hydroxyl groups is 3. The number of nitrogens with zero attached hydrogens (tertiary/aromatic N) is 4. The van der Waals surface area contributed by atoms with Crippen molar-refractivity contribution in [2.24, 2.45) is 0 Å². The van der Waals surface area contributed by atoms with Gasteiger partial charge in [-0.1, -0.05) is 0 Å². The minimum atomic E-state index is -1.28. The van der Waals surface area contributed by atoms with Crippen LogP contribution in [0.25, 0.3) is 11.2 Å². The molecule has 0 spiro atoms. The van der Waals surface area contributed by atoms with Crippen LogP contribution in [0.2, 0.25) is 0 Å². The molecule has 1 fully saturated rings. The van der Waals surface area contributed by atoms with Crippen LogP contribution in [0.5, 0.6) is 17.2 Å². The van der Waals surface area contributed by atoms with Gasteiger partial charge in [0, 0.05) is 18.2 Å². The average Bonchev–Trinajstić information content (AvgIpc) is 3.30. The second-order valence-corrected chi connectivity index (χ2v) is 6.78. The number of aliphatic hydroxyl groups excluding tert-OH is 3. The van der Waals surface area contributed by atoms with Crippen molar-refractivity contribution < 1.29 is 35.0 Å². The van der Waals surface area contributed by atoms with Crippen LogP contribution in [0.1, 0.15) is 11.8 Å². The Kier molecular flexibility index (Phi) is 5.30. The van der Waals surface area contributed by atoms with Gasteiger partial charge in [0.1, 0.15) is 30.4 Å². The lowest BCUT2D eigenvalue weighted by Crippen LogP contribution is -2.33. The van der Waals surface area contributed by atoms with Crippen LogP contribution >= 0.6 is 0 Å². The summed E-state index contributed by atoms with van der Waals surface area (Å²) in [4.78, 5) is 12.6. The molecule has 0 saturated carbocycles. The molecule has 0 radical (unpaired) electrons. The Bertz CT molecular complexity index is 1060. The highest BCUT2D eigenvalue weighted by Crippen LogP contribution is 2.35. The topological polar surface area (TPSA) is 175 Å². The summed E-state index contributed by atoms with van der Waals surface area (Å²) in [6.07, 6.45) is -1.76. The largest absolute Gasteiger partial charge is 0.504 e. The summed E-state index contributed by atoms with van der Waals surface area (Å²) in [5, 5.41) is 52.4. The third-order valence-electron chi connectivity index (χ3n) is 4.97. The summed E-state index contributed by atoms with van der Waals surface area (Å²) in [7, 11) is 1.45. The standard InChI is InChI=1S/C18H21N5O7/c1-29-9-2-8(13(26)10(25)3-9)4-19-16-12-17(21-6-20-16)23(7-22-12)18-15(28)14(27)11(5-24)30-18/h2-3,6-7,11,14-15,18,24-28H,4-5H2,1H3,(H,19,20,21)/t11-,14-,15-,18-/m1/s1. The number of rotatable bonds is 6. The quantitative estimate of drug-likeness (QED) is 0.283. The zero-order chi connectivity index (χ0) is 21.4. The third-order valence-corrected chi connectivity index (χ3v) is 4.97. The van der Waals surface area contributed by atoms with Crippen molar-refractivity contribution in [2.75, 3.05) is 19.0 Å². The zero-order valence-corrected chi connectivity index (χ0v) is 15.9. The maximum Gasteiger partial charge on any atom is 0.167 e. The number of aromatic nitrogens is 4. The molecule has 4 rings (SSSR count). The Morgan fingerprint density at radius 1 is 1.17 bits per heavy atom. The molecule has 1 saturated heterocycles. The first-order valence-corrected chi connectivity index (χ1v) is 9.07. The number of imidazole rings is 1. The Morgan fingerprint density at radius 2 is 1.97 bits per heavy atom. The van der Waals surface area contributed by atoms with E-state index in [0.29, 0.717) is 28.3 Å². The van der Waals surface area contributed by atoms with Crippen LogP contribution in [0.15, 0.2) is 24.8 Å². The van der Waals surface area contributed by atoms with E-state index < -0.39 is 31.1 Å². The highest BCUT2D eigenvalue weighted by atomic mass is 16.6. The van der Waals surface area contributed by atoms with Gasteiger partial charge in [-0.05, 0) is 6.07 Å². The summed E-state index contributed by atoms with van der Waals surface area (Å²) < 4.78 is 12.1. The van der Waals surface area contributed by atoms with E-state index in [1.165, 1.54) is 30.4 Å². The Hall–Kier alpha value is -3.19. The summed E-state index contributed by atoms with van der Waals surface area (Å²) in [5.41, 5.74) is 1.07. The van der Waals surface area contributed by atoms with Gasteiger partial charge in [0.15, 0.2) is 34.7 Å². The second kappa shape index (κ2) is 7.91. The molecule has 3 heterocycles. The molecule has 0 amide bonds. The Balaban J connectivity index is 1.61. The van der Waals surface area contributed by atoms with E-state index in [4.69, 9.17) is 9.47 Å². The van der Waals surface area contributed by atoms with Crippen molar-refractivity contribution in [3.63, 3.8) is 0 Å². The van der Waals surface area contributed by atoms with Crippen molar-refractivity contribution in [2.45, 2.75) is 31.1 Å². The van der Waals surface area contributed by atoms with Crippen LogP contribution in [0.4, 0.5) is 5.82 Å². The number of nitrogens with one attached hydrogen (secondary N) is 1. The summed E-state index contributed by atoms with van der Waals surface area (Å²) in [6, 6.07) is 2.86. The predicted molar refractivity (Wildman–Crippen MR) is 102 cm³/mol. The van der Waals surface area contributed by atoms with E-state index >= 15 is 0 Å². The molecular formula is C18H21N5O7. The van der Waals surface area contributed by atoms with Crippen LogP contribution in [0.3, 0.4) is 0 Å². The molecule has 12 heteroatoms. The second-order valence-electron chi connectivity index (χ2n) is 6.78. The summed E-state index contributed by atoms with van der Waals surface area (Å²) >= 11 is 0. The van der Waals surface area contributed by atoms with E-state index in [0.717, 1.165) is 0 Å². The molecule has 160 valence electrons. The first-order chi connectivity index (χ1) is 14.4. The molecule has 0 unspecified atom stereocenters. The number of anilines is 1. The maximum absolute atomic E-state index is 10.3. The fraction of sp³-hybridized carbons (Fsp3) is 0.389. The third kappa shape index (κ3) is 3.35. The van der Waals surface area contributed by atoms with Crippen molar-refractivity contribution in [3.05, 3.63) is 30.4 Å². The van der Waals surface area contributed by atoms with Crippen LogP contribution in [-0.2, 0) is 11.3 Å². The number of phenolic OH excluding ortho intramolecular Hbond substituents is 2. The van der Waals surface area contributed by atoms with Gasteiger partial charge in [-0.25, -0.2) is 15.0 Å². The van der Waals surface area contributed by atoms with Gasteiger partial charge in [0.05, 0.1) is 20.0 Å². The van der Waals surface area contributed by atoms with E-state index in [1.54, 1.807) is 6.07 Å². The highest BCUT2D eigenvalue weighted by molar-refractivity contribution is 5.82. The van der Waals surface area contributed by atoms with Gasteiger partial charge >= 0.3 is 0 Å². The molecule has 0 bridgehead atoms. The normalized spacial score (nSPS) is 23.7. The number of hydrogen-bond acceptors (Lipinski definition) is 11. The maximum atomic E-state index is 10.3. The number of aromatic hydroxyl groups is 2. The highest BCUT2D eigenvalue weighted by Gasteiger charge is 2.44. The molecule has 4 atom stereocenters. The lowest BCUT2D eigenvalue weighted by atomic mass is 10.1. The first kappa shape index (κ1) is 20.1. The number of benzene rings is 1. The fourth-order valence-corrected chi connectivity index (χ4v) is 3.36. The van der Waals surface area contributed by atoms with E-state index in [-0.39, 0.29) is 18.0 Å².